The molecular formula is C17H13NO2S2. The average Bonchev–Trinajstić information content (AvgIpc) is 3.15. The number of carbonyl (C=O) groups excluding carboxylic acids is 1. The second-order valence-electron chi connectivity index (χ2n) is 5.10. The first-order valence-electron chi connectivity index (χ1n) is 7.05. The number of ether oxygens (including phenoxy) is 1. The molecule has 2 aromatic carbocycles. The summed E-state index contributed by atoms with van der Waals surface area (Å²) >= 11 is 3.17. The largest absolute Gasteiger partial charge is 0.457 e. The molecule has 1 atom stereocenters. The summed E-state index contributed by atoms with van der Waals surface area (Å²) in [6, 6.07) is 16.1. The Morgan fingerprint density at radius 3 is 2.86 bits per heavy atom. The summed E-state index contributed by atoms with van der Waals surface area (Å²) in [6.45, 7) is 0.256. The van der Waals surface area contributed by atoms with E-state index in [1.807, 2.05) is 36.4 Å². The molecule has 1 aliphatic rings. The van der Waals surface area contributed by atoms with Crippen LogP contribution >= 0.6 is 23.1 Å². The van der Waals surface area contributed by atoms with Crippen molar-refractivity contribution in [1.29, 1.82) is 0 Å². The molecule has 2 heterocycles. The van der Waals surface area contributed by atoms with E-state index in [2.05, 4.69) is 17.1 Å². The number of nitrogens with zero attached hydrogens (tertiary/aromatic N) is 1. The fraction of sp³-hybridized carbons (Fsp3) is 0.176. The third-order valence-electron chi connectivity index (χ3n) is 3.59. The van der Waals surface area contributed by atoms with Crippen LogP contribution in [0.4, 0.5) is 0 Å². The summed E-state index contributed by atoms with van der Waals surface area (Å²) in [5.41, 5.74) is 2.19. The Morgan fingerprint density at radius 2 is 2.00 bits per heavy atom. The predicted molar refractivity (Wildman–Crippen MR) is 89.2 cm³/mol. The van der Waals surface area contributed by atoms with E-state index in [1.54, 1.807) is 23.1 Å². The molecule has 22 heavy (non-hydrogen) atoms. The molecule has 0 radical (unpaired) electrons. The zero-order valence-electron chi connectivity index (χ0n) is 11.7. The van der Waals surface area contributed by atoms with Crippen LogP contribution in [-0.2, 0) is 22.6 Å². The molecule has 0 N–H and O–H groups in total. The van der Waals surface area contributed by atoms with E-state index in [0.29, 0.717) is 0 Å². The molecule has 1 unspecified atom stereocenters. The lowest BCUT2D eigenvalue weighted by Gasteiger charge is -2.07. The normalized spacial score (nSPS) is 16.6. The molecule has 0 bridgehead atoms. The van der Waals surface area contributed by atoms with E-state index in [1.165, 1.54) is 10.5 Å². The second-order valence-corrected chi connectivity index (χ2v) is 7.46. The minimum Gasteiger partial charge on any atom is -0.457 e. The number of thioether (sulfide) groups is 1. The highest BCUT2D eigenvalue weighted by Crippen LogP contribution is 2.37. The van der Waals surface area contributed by atoms with Gasteiger partial charge in [0.25, 0.3) is 0 Å². The van der Waals surface area contributed by atoms with Crippen molar-refractivity contribution in [3.05, 3.63) is 59.1 Å². The van der Waals surface area contributed by atoms with Crippen molar-refractivity contribution in [2.45, 2.75) is 23.2 Å². The lowest BCUT2D eigenvalue weighted by molar-refractivity contribution is -0.144. The van der Waals surface area contributed by atoms with Crippen LogP contribution < -0.4 is 0 Å². The first kappa shape index (κ1) is 13.8. The van der Waals surface area contributed by atoms with Crippen LogP contribution in [0.5, 0.6) is 0 Å². The standard InChI is InChI=1S/C17H13NO2S2/c19-17(15-9-11-5-1-3-7-13(11)21-15)20-10-16-18-12-6-2-4-8-14(12)22-16/h1-8,15H,9-10H2. The molecule has 0 saturated carbocycles. The Labute approximate surface area is 136 Å². The van der Waals surface area contributed by atoms with Gasteiger partial charge in [0.05, 0.1) is 10.2 Å². The third-order valence-corrected chi connectivity index (χ3v) is 5.89. The number of benzene rings is 2. The summed E-state index contributed by atoms with van der Waals surface area (Å²) in [5.74, 6) is -0.152. The molecule has 1 aliphatic heterocycles. The summed E-state index contributed by atoms with van der Waals surface area (Å²) in [6.07, 6.45) is 0.750. The maximum atomic E-state index is 12.2. The highest BCUT2D eigenvalue weighted by Gasteiger charge is 2.29. The van der Waals surface area contributed by atoms with Gasteiger partial charge in [0.2, 0.25) is 0 Å². The van der Waals surface area contributed by atoms with Crippen LogP contribution in [0, 0.1) is 0 Å². The van der Waals surface area contributed by atoms with Gasteiger partial charge in [0.15, 0.2) is 0 Å². The SMILES string of the molecule is O=C(OCc1nc2ccccc2s1)C1Cc2ccccc2S1. The fourth-order valence-corrected chi connectivity index (χ4v) is 4.60. The van der Waals surface area contributed by atoms with Gasteiger partial charge >= 0.3 is 5.97 Å². The molecule has 0 spiro atoms. The Hall–Kier alpha value is -1.85. The van der Waals surface area contributed by atoms with Gasteiger partial charge in [0.1, 0.15) is 16.9 Å². The number of fused-ring (bicyclic) bond motifs is 2. The molecule has 1 aromatic heterocycles. The van der Waals surface area contributed by atoms with Crippen molar-refractivity contribution in [2.24, 2.45) is 0 Å². The highest BCUT2D eigenvalue weighted by molar-refractivity contribution is 8.01. The van der Waals surface area contributed by atoms with Crippen LogP contribution in [0.2, 0.25) is 0 Å². The number of thiazole rings is 1. The van der Waals surface area contributed by atoms with Gasteiger partial charge in [0, 0.05) is 4.90 Å². The Balaban J connectivity index is 1.41. The van der Waals surface area contributed by atoms with Gasteiger partial charge in [-0.3, -0.25) is 4.79 Å². The minimum atomic E-state index is -0.152. The number of para-hydroxylation sites is 1. The first-order chi connectivity index (χ1) is 10.8. The predicted octanol–water partition coefficient (Wildman–Crippen LogP) is 4.06. The molecule has 110 valence electrons. The summed E-state index contributed by atoms with van der Waals surface area (Å²) in [5, 5.41) is 0.710. The van der Waals surface area contributed by atoms with Gasteiger partial charge in [-0.2, -0.15) is 0 Å². The van der Waals surface area contributed by atoms with Crippen molar-refractivity contribution in [3.63, 3.8) is 0 Å². The molecule has 4 rings (SSSR count). The molecule has 5 heteroatoms. The molecule has 0 aliphatic carbocycles. The van der Waals surface area contributed by atoms with E-state index in [4.69, 9.17) is 4.74 Å². The number of rotatable bonds is 3. The minimum absolute atomic E-state index is 0.133. The number of carbonyl (C=O) groups is 1. The molecule has 0 fully saturated rings. The number of hydrogen-bond acceptors (Lipinski definition) is 5. The first-order valence-corrected chi connectivity index (χ1v) is 8.75. The van der Waals surface area contributed by atoms with E-state index in [0.717, 1.165) is 21.6 Å². The van der Waals surface area contributed by atoms with Crippen LogP contribution in [0.25, 0.3) is 10.2 Å². The van der Waals surface area contributed by atoms with Crippen LogP contribution in [0.3, 0.4) is 0 Å². The van der Waals surface area contributed by atoms with Crippen LogP contribution in [0.15, 0.2) is 53.4 Å². The van der Waals surface area contributed by atoms with Crippen molar-refractivity contribution < 1.29 is 9.53 Å². The Kier molecular flexibility index (Phi) is 3.60. The van der Waals surface area contributed by atoms with Gasteiger partial charge in [-0.1, -0.05) is 30.3 Å². The van der Waals surface area contributed by atoms with Gasteiger partial charge in [-0.05, 0) is 30.2 Å². The second kappa shape index (κ2) is 5.74. The van der Waals surface area contributed by atoms with Gasteiger partial charge in [-0.25, -0.2) is 4.98 Å². The molecule has 3 aromatic rings. The molecule has 0 amide bonds. The summed E-state index contributed by atoms with van der Waals surface area (Å²) in [4.78, 5) is 17.9. The number of hydrogen-bond donors (Lipinski definition) is 0. The quantitative estimate of drug-likeness (QED) is 0.680. The van der Waals surface area contributed by atoms with E-state index >= 15 is 0 Å². The average molecular weight is 327 g/mol. The van der Waals surface area contributed by atoms with Gasteiger partial charge in [-0.15, -0.1) is 23.1 Å². The smallest absolute Gasteiger partial charge is 0.320 e. The van der Waals surface area contributed by atoms with E-state index in [9.17, 15) is 4.79 Å². The molecule has 3 nitrogen and oxygen atoms in total. The molecule has 0 saturated heterocycles. The Morgan fingerprint density at radius 1 is 1.18 bits per heavy atom. The van der Waals surface area contributed by atoms with Gasteiger partial charge < -0.3 is 4.74 Å². The fourth-order valence-electron chi connectivity index (χ4n) is 2.52. The number of esters is 1. The third kappa shape index (κ3) is 2.62. The lowest BCUT2D eigenvalue weighted by atomic mass is 10.1. The summed E-state index contributed by atoms with van der Waals surface area (Å²) < 4.78 is 6.58. The zero-order chi connectivity index (χ0) is 14.9. The maximum absolute atomic E-state index is 12.2. The van der Waals surface area contributed by atoms with Crippen molar-refractivity contribution in [3.8, 4) is 0 Å². The van der Waals surface area contributed by atoms with Crippen molar-refractivity contribution in [1.82, 2.24) is 4.98 Å². The Bertz CT molecular complexity index is 785. The monoisotopic (exact) mass is 327 g/mol. The van der Waals surface area contributed by atoms with Crippen molar-refractivity contribution in [2.75, 3.05) is 0 Å². The number of aromatic nitrogens is 1. The van der Waals surface area contributed by atoms with E-state index in [-0.39, 0.29) is 17.8 Å². The highest BCUT2D eigenvalue weighted by atomic mass is 32.2. The topological polar surface area (TPSA) is 39.2 Å². The van der Waals surface area contributed by atoms with Crippen LogP contribution in [-0.4, -0.2) is 16.2 Å². The maximum Gasteiger partial charge on any atom is 0.320 e. The summed E-state index contributed by atoms with van der Waals surface area (Å²) in [7, 11) is 0. The molecular weight excluding hydrogens is 314 g/mol. The lowest BCUT2D eigenvalue weighted by Crippen LogP contribution is -2.19. The van der Waals surface area contributed by atoms with Crippen molar-refractivity contribution >= 4 is 39.3 Å². The van der Waals surface area contributed by atoms with E-state index < -0.39 is 0 Å². The van der Waals surface area contributed by atoms with Crippen LogP contribution in [0.1, 0.15) is 10.6 Å². The zero-order valence-corrected chi connectivity index (χ0v) is 13.3.